The van der Waals surface area contributed by atoms with Crippen molar-refractivity contribution in [2.45, 2.75) is 46.1 Å². The lowest BCUT2D eigenvalue weighted by Crippen LogP contribution is -2.16. The number of hydrogen-bond acceptors (Lipinski definition) is 2. The molecular formula is C15H24N2O. The van der Waals surface area contributed by atoms with E-state index in [1.54, 1.807) is 6.07 Å². The van der Waals surface area contributed by atoms with Gasteiger partial charge in [0.15, 0.2) is 0 Å². The molecule has 0 heterocycles. The van der Waals surface area contributed by atoms with Crippen molar-refractivity contribution in [1.29, 1.82) is 0 Å². The number of aryl methyl sites for hydroxylation is 1. The summed E-state index contributed by atoms with van der Waals surface area (Å²) in [5, 5.41) is 3.43. The van der Waals surface area contributed by atoms with Crippen LogP contribution in [0.15, 0.2) is 18.2 Å². The van der Waals surface area contributed by atoms with Crippen molar-refractivity contribution >= 4 is 5.91 Å². The summed E-state index contributed by atoms with van der Waals surface area (Å²) in [6.45, 7) is 6.14. The van der Waals surface area contributed by atoms with Crippen LogP contribution in [-0.2, 0) is 6.54 Å². The third kappa shape index (κ3) is 4.88. The quantitative estimate of drug-likeness (QED) is 0.695. The first kappa shape index (κ1) is 14.7. The lowest BCUT2D eigenvalue weighted by Gasteiger charge is -2.08. The number of rotatable bonds is 8. The summed E-state index contributed by atoms with van der Waals surface area (Å²) < 4.78 is 0. The van der Waals surface area contributed by atoms with Crippen LogP contribution in [0.25, 0.3) is 0 Å². The topological polar surface area (TPSA) is 55.1 Å². The summed E-state index contributed by atoms with van der Waals surface area (Å²) in [5.74, 6) is -0.364. The van der Waals surface area contributed by atoms with Gasteiger partial charge < -0.3 is 11.1 Å². The van der Waals surface area contributed by atoms with Gasteiger partial charge >= 0.3 is 0 Å². The van der Waals surface area contributed by atoms with Crippen LogP contribution >= 0.6 is 0 Å². The normalized spacial score (nSPS) is 10.6. The Kier molecular flexibility index (Phi) is 6.44. The molecule has 0 saturated heterocycles. The van der Waals surface area contributed by atoms with Gasteiger partial charge in [-0.05, 0) is 43.1 Å². The molecule has 0 fully saturated rings. The molecule has 1 aromatic rings. The molecule has 0 saturated carbocycles. The minimum Gasteiger partial charge on any atom is -0.366 e. The Morgan fingerprint density at radius 1 is 1.28 bits per heavy atom. The highest BCUT2D eigenvalue weighted by Crippen LogP contribution is 2.10. The molecule has 0 aliphatic carbocycles. The van der Waals surface area contributed by atoms with Gasteiger partial charge in [0.1, 0.15) is 0 Å². The van der Waals surface area contributed by atoms with Gasteiger partial charge in [-0.15, -0.1) is 0 Å². The van der Waals surface area contributed by atoms with Crippen molar-refractivity contribution in [3.05, 3.63) is 34.9 Å². The van der Waals surface area contributed by atoms with Crippen LogP contribution in [0.4, 0.5) is 0 Å². The van der Waals surface area contributed by atoms with Crippen LogP contribution in [0, 0.1) is 6.92 Å². The molecule has 1 aromatic carbocycles. The number of amides is 1. The van der Waals surface area contributed by atoms with Crippen LogP contribution in [0.1, 0.15) is 54.1 Å². The van der Waals surface area contributed by atoms with E-state index in [0.29, 0.717) is 5.56 Å². The number of hydrogen-bond donors (Lipinski definition) is 2. The summed E-state index contributed by atoms with van der Waals surface area (Å²) in [7, 11) is 0. The second-order valence-corrected chi connectivity index (χ2v) is 4.74. The lowest BCUT2D eigenvalue weighted by molar-refractivity contribution is 0.1000. The van der Waals surface area contributed by atoms with E-state index >= 15 is 0 Å². The molecular weight excluding hydrogens is 224 g/mol. The van der Waals surface area contributed by atoms with Gasteiger partial charge in [-0.2, -0.15) is 0 Å². The molecule has 1 amide bonds. The fourth-order valence-electron chi connectivity index (χ4n) is 1.95. The molecule has 0 aliphatic heterocycles. The van der Waals surface area contributed by atoms with Crippen molar-refractivity contribution in [3.63, 3.8) is 0 Å². The van der Waals surface area contributed by atoms with Gasteiger partial charge in [-0.1, -0.05) is 32.3 Å². The predicted molar refractivity (Wildman–Crippen MR) is 75.5 cm³/mol. The van der Waals surface area contributed by atoms with Gasteiger partial charge in [-0.3, -0.25) is 4.79 Å². The molecule has 0 atom stereocenters. The van der Waals surface area contributed by atoms with Crippen LogP contribution in [0.2, 0.25) is 0 Å². The monoisotopic (exact) mass is 248 g/mol. The number of carbonyl (C=O) groups excluding carboxylic acids is 1. The molecule has 0 unspecified atom stereocenters. The van der Waals surface area contributed by atoms with E-state index in [-0.39, 0.29) is 5.91 Å². The Bertz CT molecular complexity index is 388. The van der Waals surface area contributed by atoms with Crippen LogP contribution in [-0.4, -0.2) is 12.5 Å². The first-order valence-corrected chi connectivity index (χ1v) is 6.75. The second-order valence-electron chi connectivity index (χ2n) is 4.74. The van der Waals surface area contributed by atoms with E-state index < -0.39 is 0 Å². The number of nitrogens with one attached hydrogen (secondary N) is 1. The van der Waals surface area contributed by atoms with Gasteiger partial charge in [0.2, 0.25) is 5.91 Å². The van der Waals surface area contributed by atoms with Crippen molar-refractivity contribution in [2.24, 2.45) is 5.73 Å². The smallest absolute Gasteiger partial charge is 0.248 e. The molecule has 100 valence electrons. The minimum absolute atomic E-state index is 0.364. The predicted octanol–water partition coefficient (Wildman–Crippen LogP) is 2.76. The van der Waals surface area contributed by atoms with E-state index in [0.717, 1.165) is 18.7 Å². The average Bonchev–Trinajstić information content (AvgIpc) is 2.35. The van der Waals surface area contributed by atoms with Crippen molar-refractivity contribution in [1.82, 2.24) is 5.32 Å². The zero-order valence-electron chi connectivity index (χ0n) is 11.5. The maximum Gasteiger partial charge on any atom is 0.248 e. The highest BCUT2D eigenvalue weighted by Gasteiger charge is 2.03. The first-order valence-electron chi connectivity index (χ1n) is 6.75. The number of unbranched alkanes of at least 4 members (excludes halogenated alkanes) is 3. The molecule has 0 radical (unpaired) electrons. The zero-order valence-corrected chi connectivity index (χ0v) is 11.5. The highest BCUT2D eigenvalue weighted by atomic mass is 16.1. The van der Waals surface area contributed by atoms with E-state index in [1.807, 2.05) is 19.1 Å². The van der Waals surface area contributed by atoms with E-state index in [9.17, 15) is 4.79 Å². The van der Waals surface area contributed by atoms with Gasteiger partial charge in [0.05, 0.1) is 0 Å². The van der Waals surface area contributed by atoms with Gasteiger partial charge in [0.25, 0.3) is 0 Å². The summed E-state index contributed by atoms with van der Waals surface area (Å²) in [5.41, 5.74) is 8.18. The van der Waals surface area contributed by atoms with Crippen LogP contribution < -0.4 is 11.1 Å². The largest absolute Gasteiger partial charge is 0.366 e. The molecule has 3 N–H and O–H groups in total. The molecule has 0 aliphatic rings. The molecule has 0 spiro atoms. The van der Waals surface area contributed by atoms with E-state index in [2.05, 4.69) is 12.2 Å². The van der Waals surface area contributed by atoms with Gasteiger partial charge in [-0.25, -0.2) is 0 Å². The Morgan fingerprint density at radius 2 is 2.06 bits per heavy atom. The zero-order chi connectivity index (χ0) is 13.4. The SMILES string of the molecule is CCCCCCNCc1ccc(C(N)=O)cc1C. The van der Waals surface area contributed by atoms with Crippen molar-refractivity contribution in [2.75, 3.05) is 6.54 Å². The summed E-state index contributed by atoms with van der Waals surface area (Å²) in [6.07, 6.45) is 5.11. The lowest BCUT2D eigenvalue weighted by atomic mass is 10.0. The Labute approximate surface area is 110 Å². The summed E-state index contributed by atoms with van der Waals surface area (Å²) in [6, 6.07) is 5.63. The molecule has 3 nitrogen and oxygen atoms in total. The Hall–Kier alpha value is -1.35. The summed E-state index contributed by atoms with van der Waals surface area (Å²) >= 11 is 0. The Morgan fingerprint density at radius 3 is 2.67 bits per heavy atom. The fraction of sp³-hybridized carbons (Fsp3) is 0.533. The fourth-order valence-corrected chi connectivity index (χ4v) is 1.95. The van der Waals surface area contributed by atoms with Crippen LogP contribution in [0.3, 0.4) is 0 Å². The Balaban J connectivity index is 2.36. The number of benzene rings is 1. The first-order chi connectivity index (χ1) is 8.65. The third-order valence-electron chi connectivity index (χ3n) is 3.15. The van der Waals surface area contributed by atoms with E-state index in [4.69, 9.17) is 5.73 Å². The minimum atomic E-state index is -0.364. The number of primary amides is 1. The highest BCUT2D eigenvalue weighted by molar-refractivity contribution is 5.93. The maximum absolute atomic E-state index is 11.0. The van der Waals surface area contributed by atoms with Crippen molar-refractivity contribution in [3.8, 4) is 0 Å². The maximum atomic E-state index is 11.0. The van der Waals surface area contributed by atoms with E-state index in [1.165, 1.54) is 31.2 Å². The summed E-state index contributed by atoms with van der Waals surface area (Å²) in [4.78, 5) is 11.0. The van der Waals surface area contributed by atoms with Gasteiger partial charge in [0, 0.05) is 12.1 Å². The molecule has 0 bridgehead atoms. The average molecular weight is 248 g/mol. The van der Waals surface area contributed by atoms with Crippen molar-refractivity contribution < 1.29 is 4.79 Å². The molecule has 0 aromatic heterocycles. The standard InChI is InChI=1S/C15H24N2O/c1-3-4-5-6-9-17-11-14-8-7-13(15(16)18)10-12(14)2/h7-8,10,17H,3-6,9,11H2,1-2H3,(H2,16,18). The molecule has 18 heavy (non-hydrogen) atoms. The van der Waals surface area contributed by atoms with Crippen LogP contribution in [0.5, 0.6) is 0 Å². The second kappa shape index (κ2) is 7.88. The number of nitrogens with two attached hydrogens (primary N) is 1. The molecule has 3 heteroatoms. The number of carbonyl (C=O) groups is 1. The third-order valence-corrected chi connectivity index (χ3v) is 3.15. The molecule has 1 rings (SSSR count).